The molecule has 2 aliphatic carbocycles. The molecule has 25 heavy (non-hydrogen) atoms. The predicted molar refractivity (Wildman–Crippen MR) is 91.2 cm³/mol. The molecule has 1 spiro atoms. The van der Waals surface area contributed by atoms with Crippen molar-refractivity contribution in [1.29, 1.82) is 0 Å². The van der Waals surface area contributed by atoms with Gasteiger partial charge in [0.25, 0.3) is 0 Å². The van der Waals surface area contributed by atoms with Gasteiger partial charge in [-0.1, -0.05) is 25.3 Å². The highest BCUT2D eigenvalue weighted by atomic mass is 19.1. The van der Waals surface area contributed by atoms with Crippen molar-refractivity contribution in [3.63, 3.8) is 0 Å². The Labute approximate surface area is 144 Å². The molecule has 0 bridgehead atoms. The van der Waals surface area contributed by atoms with Gasteiger partial charge in [-0.25, -0.2) is 14.0 Å². The third kappa shape index (κ3) is 2.96. The van der Waals surface area contributed by atoms with E-state index in [2.05, 4.69) is 13.2 Å². The maximum atomic E-state index is 14.4. The van der Waals surface area contributed by atoms with Gasteiger partial charge in [-0.2, -0.15) is 0 Å². The summed E-state index contributed by atoms with van der Waals surface area (Å²) < 4.78 is 24.7. The zero-order chi connectivity index (χ0) is 18.2. The van der Waals surface area contributed by atoms with Crippen molar-refractivity contribution in [1.82, 2.24) is 0 Å². The smallest absolute Gasteiger partial charge is 0.338 e. The first kappa shape index (κ1) is 16.6. The normalized spacial score (nSPS) is 19.9. The molecule has 0 fully saturated rings. The van der Waals surface area contributed by atoms with Gasteiger partial charge in [-0.05, 0) is 42.8 Å². The van der Waals surface area contributed by atoms with Crippen molar-refractivity contribution in [3.05, 3.63) is 84.2 Å². The molecule has 1 aromatic carbocycles. The molecule has 5 heteroatoms. The van der Waals surface area contributed by atoms with Crippen LogP contribution in [0.25, 0.3) is 5.83 Å². The van der Waals surface area contributed by atoms with Gasteiger partial charge >= 0.3 is 11.9 Å². The summed E-state index contributed by atoms with van der Waals surface area (Å²) in [6.07, 6.45) is 7.48. The highest BCUT2D eigenvalue weighted by Crippen LogP contribution is 2.47. The molecule has 0 saturated carbocycles. The van der Waals surface area contributed by atoms with E-state index in [1.165, 1.54) is 12.1 Å². The summed E-state index contributed by atoms with van der Waals surface area (Å²) in [5, 5.41) is 0. The lowest BCUT2D eigenvalue weighted by atomic mass is 9.84. The van der Waals surface area contributed by atoms with Crippen LogP contribution in [0, 0.1) is 0 Å². The summed E-state index contributed by atoms with van der Waals surface area (Å²) >= 11 is 0. The Bertz CT molecular complexity index is 904. The zero-order valence-electron chi connectivity index (χ0n) is 13.5. The average Bonchev–Trinajstić information content (AvgIpc) is 3.09. The van der Waals surface area contributed by atoms with Crippen LogP contribution in [-0.4, -0.2) is 11.9 Å². The highest BCUT2D eigenvalue weighted by molar-refractivity contribution is 5.88. The summed E-state index contributed by atoms with van der Waals surface area (Å²) in [5.74, 6) is -1.05. The maximum Gasteiger partial charge on any atom is 0.338 e. The number of carbonyl (C=O) groups is 2. The number of hydrogen-bond acceptors (Lipinski definition) is 4. The Hall–Kier alpha value is -3.21. The summed E-state index contributed by atoms with van der Waals surface area (Å²) in [5.41, 5.74) is 0.437. The molecule has 0 aromatic heterocycles. The van der Waals surface area contributed by atoms with Crippen molar-refractivity contribution >= 4 is 17.8 Å². The quantitative estimate of drug-likeness (QED) is 0.474. The number of rotatable bonds is 4. The van der Waals surface area contributed by atoms with Crippen LogP contribution in [0.2, 0.25) is 0 Å². The third-order valence-corrected chi connectivity index (χ3v) is 3.93. The molecule has 2 aliphatic rings. The summed E-state index contributed by atoms with van der Waals surface area (Å²) in [6.45, 7) is 8.40. The van der Waals surface area contributed by atoms with Crippen LogP contribution in [0.4, 0.5) is 4.39 Å². The van der Waals surface area contributed by atoms with Crippen LogP contribution < -0.4 is 4.74 Å². The van der Waals surface area contributed by atoms with E-state index in [4.69, 9.17) is 9.47 Å². The fourth-order valence-electron chi connectivity index (χ4n) is 2.75. The Kier molecular flexibility index (Phi) is 4.00. The van der Waals surface area contributed by atoms with Crippen LogP contribution >= 0.6 is 0 Å². The first-order valence-corrected chi connectivity index (χ1v) is 7.52. The molecule has 3 rings (SSSR count). The molecule has 0 amide bonds. The van der Waals surface area contributed by atoms with Crippen LogP contribution in [0.15, 0.2) is 73.1 Å². The van der Waals surface area contributed by atoms with Gasteiger partial charge in [0.2, 0.25) is 0 Å². The number of allylic oxidation sites excluding steroid dienone is 4. The molecule has 0 radical (unpaired) electrons. The van der Waals surface area contributed by atoms with E-state index >= 15 is 0 Å². The summed E-state index contributed by atoms with van der Waals surface area (Å²) in [7, 11) is 0. The molecule has 0 saturated heterocycles. The van der Waals surface area contributed by atoms with E-state index in [1.807, 2.05) is 0 Å². The van der Waals surface area contributed by atoms with Gasteiger partial charge in [0.1, 0.15) is 17.3 Å². The molecule has 0 N–H and O–H groups in total. The highest BCUT2D eigenvalue weighted by Gasteiger charge is 2.38. The number of esters is 2. The molecule has 1 unspecified atom stereocenters. The molecule has 1 atom stereocenters. The van der Waals surface area contributed by atoms with Crippen molar-refractivity contribution < 1.29 is 23.5 Å². The fourth-order valence-corrected chi connectivity index (χ4v) is 2.75. The third-order valence-electron chi connectivity index (χ3n) is 3.93. The molecule has 126 valence electrons. The molecular weight excluding hydrogens is 323 g/mol. The number of halogens is 1. The Balaban J connectivity index is 1.93. The van der Waals surface area contributed by atoms with Gasteiger partial charge in [0, 0.05) is 17.2 Å². The molecule has 0 aliphatic heterocycles. The second-order valence-corrected chi connectivity index (χ2v) is 5.81. The Morgan fingerprint density at radius 3 is 2.68 bits per heavy atom. The average molecular weight is 338 g/mol. The lowest BCUT2D eigenvalue weighted by Gasteiger charge is -2.18. The zero-order valence-corrected chi connectivity index (χ0v) is 13.5. The second kappa shape index (κ2) is 6.02. The van der Waals surface area contributed by atoms with Crippen LogP contribution in [0.3, 0.4) is 0 Å². The van der Waals surface area contributed by atoms with Crippen molar-refractivity contribution in [3.8, 4) is 5.75 Å². The molecule has 4 nitrogen and oxygen atoms in total. The van der Waals surface area contributed by atoms with E-state index in [0.717, 1.165) is 6.08 Å². The van der Waals surface area contributed by atoms with E-state index in [0.29, 0.717) is 16.9 Å². The lowest BCUT2D eigenvalue weighted by molar-refractivity contribution is -0.134. The van der Waals surface area contributed by atoms with Gasteiger partial charge in [0.05, 0.1) is 5.41 Å². The van der Waals surface area contributed by atoms with Crippen molar-refractivity contribution in [2.24, 2.45) is 0 Å². The number of carbonyl (C=O) groups excluding carboxylic acids is 2. The number of benzene rings is 1. The van der Waals surface area contributed by atoms with E-state index in [1.54, 1.807) is 37.3 Å². The molecule has 0 heterocycles. The predicted octanol–water partition coefficient (Wildman–Crippen LogP) is 3.91. The minimum Gasteiger partial charge on any atom is -0.423 e. The van der Waals surface area contributed by atoms with Gasteiger partial charge in [0.15, 0.2) is 0 Å². The lowest BCUT2D eigenvalue weighted by Crippen LogP contribution is -2.14. The topological polar surface area (TPSA) is 52.6 Å². The standard InChI is InChI=1S/C20H15FO4/c1-4-18(22)24-13-5-6-16-15(9-13)17(21)11-20(16)8-7-14(10-20)25-19(23)12(2)3/h4-11H,1-2H2,3H3. The van der Waals surface area contributed by atoms with E-state index < -0.39 is 23.2 Å². The maximum absolute atomic E-state index is 14.4. The second-order valence-electron chi connectivity index (χ2n) is 5.81. The first-order chi connectivity index (χ1) is 11.8. The first-order valence-electron chi connectivity index (χ1n) is 7.52. The monoisotopic (exact) mass is 338 g/mol. The van der Waals surface area contributed by atoms with Gasteiger partial charge < -0.3 is 9.47 Å². The number of ether oxygens (including phenoxy) is 2. The van der Waals surface area contributed by atoms with Crippen LogP contribution in [0.1, 0.15) is 18.1 Å². The Morgan fingerprint density at radius 2 is 2.00 bits per heavy atom. The minimum atomic E-state index is -0.828. The van der Waals surface area contributed by atoms with Gasteiger partial charge in [-0.3, -0.25) is 0 Å². The molecule has 1 aromatic rings. The molecular formula is C20H15FO4. The number of hydrogen-bond donors (Lipinski definition) is 0. The SMILES string of the molecule is C=CC(=O)Oc1ccc2c(c1)C(F)=CC21C=CC(OC(=O)C(=C)C)=C1. The summed E-state index contributed by atoms with van der Waals surface area (Å²) in [6, 6.07) is 4.71. The van der Waals surface area contributed by atoms with Crippen molar-refractivity contribution in [2.75, 3.05) is 0 Å². The fraction of sp³-hybridized carbons (Fsp3) is 0.100. The van der Waals surface area contributed by atoms with Gasteiger partial charge in [-0.15, -0.1) is 0 Å². The van der Waals surface area contributed by atoms with E-state index in [9.17, 15) is 14.0 Å². The largest absolute Gasteiger partial charge is 0.423 e. The van der Waals surface area contributed by atoms with Crippen molar-refractivity contribution in [2.45, 2.75) is 12.3 Å². The van der Waals surface area contributed by atoms with Crippen LogP contribution in [0.5, 0.6) is 5.75 Å². The number of fused-ring (bicyclic) bond motifs is 2. The minimum absolute atomic E-state index is 0.226. The Morgan fingerprint density at radius 1 is 1.24 bits per heavy atom. The van der Waals surface area contributed by atoms with E-state index in [-0.39, 0.29) is 11.3 Å². The summed E-state index contributed by atoms with van der Waals surface area (Å²) in [4.78, 5) is 22.9. The van der Waals surface area contributed by atoms with Crippen LogP contribution in [-0.2, 0) is 19.7 Å².